The van der Waals surface area contributed by atoms with Crippen LogP contribution in [-0.4, -0.2) is 12.0 Å². The highest BCUT2D eigenvalue weighted by Gasteiger charge is 2.35. The van der Waals surface area contributed by atoms with Crippen LogP contribution in [0, 0.1) is 0 Å². The van der Waals surface area contributed by atoms with Crippen LogP contribution in [0.3, 0.4) is 0 Å². The number of hydrogen-bond acceptors (Lipinski definition) is 2. The smallest absolute Gasteiger partial charge is 0.270 e. The summed E-state index contributed by atoms with van der Waals surface area (Å²) in [4.78, 5) is 17.0. The van der Waals surface area contributed by atoms with Crippen LogP contribution in [0.5, 0.6) is 0 Å². The molecule has 0 saturated heterocycles. The highest BCUT2D eigenvalue weighted by atomic mass is 79.9. The molecule has 0 spiro atoms. The van der Waals surface area contributed by atoms with Crippen molar-refractivity contribution in [2.75, 3.05) is 0 Å². The van der Waals surface area contributed by atoms with Crippen molar-refractivity contribution in [1.29, 1.82) is 0 Å². The maximum Gasteiger partial charge on any atom is 0.417 e. The van der Waals surface area contributed by atoms with E-state index in [0.29, 0.717) is 0 Å². The quantitative estimate of drug-likeness (QED) is 0.833. The molecular formula is C13H13BrF3NO2. The number of amides is 1. The Morgan fingerprint density at radius 1 is 1.30 bits per heavy atom. The van der Waals surface area contributed by atoms with Gasteiger partial charge in [-0.25, -0.2) is 5.48 Å². The number of halogens is 4. The van der Waals surface area contributed by atoms with E-state index in [2.05, 4.69) is 21.4 Å². The third-order valence-electron chi connectivity index (χ3n) is 3.15. The Kier molecular flexibility index (Phi) is 4.70. The second-order valence-corrected chi connectivity index (χ2v) is 5.56. The number of carbonyl (C=O) groups excluding carboxylic acids is 1. The molecule has 1 amide bonds. The molecular weight excluding hydrogens is 339 g/mol. The summed E-state index contributed by atoms with van der Waals surface area (Å²) in [6.07, 6.45) is -1.06. The normalized spacial score (nSPS) is 16.4. The van der Waals surface area contributed by atoms with Gasteiger partial charge in [-0.1, -0.05) is 28.8 Å². The number of nitrogens with one attached hydrogen (secondary N) is 1. The zero-order valence-electron chi connectivity index (χ0n) is 10.5. The predicted octanol–water partition coefficient (Wildman–Crippen LogP) is 4.07. The van der Waals surface area contributed by atoms with Gasteiger partial charge in [-0.15, -0.1) is 0 Å². The van der Waals surface area contributed by atoms with E-state index in [1.165, 1.54) is 6.07 Å². The molecule has 0 atom stereocenters. The molecule has 7 heteroatoms. The molecule has 1 fully saturated rings. The Hall–Kier alpha value is -1.08. The van der Waals surface area contributed by atoms with Crippen LogP contribution in [0.1, 0.15) is 41.6 Å². The molecule has 0 radical (unpaired) electrons. The fourth-order valence-electron chi connectivity index (χ4n) is 2.15. The lowest BCUT2D eigenvalue weighted by atomic mass is 10.1. The first-order valence-electron chi connectivity index (χ1n) is 6.20. The lowest BCUT2D eigenvalue weighted by Crippen LogP contribution is -2.30. The van der Waals surface area contributed by atoms with Crippen LogP contribution < -0.4 is 5.48 Å². The van der Waals surface area contributed by atoms with Gasteiger partial charge in [0.25, 0.3) is 5.91 Å². The van der Waals surface area contributed by atoms with Gasteiger partial charge in [0.1, 0.15) is 0 Å². The third-order valence-corrected chi connectivity index (χ3v) is 3.65. The fraction of sp³-hybridized carbons (Fsp3) is 0.462. The fourth-order valence-corrected chi connectivity index (χ4v) is 2.51. The van der Waals surface area contributed by atoms with Gasteiger partial charge < -0.3 is 0 Å². The van der Waals surface area contributed by atoms with Crippen LogP contribution in [0.15, 0.2) is 22.7 Å². The first-order valence-corrected chi connectivity index (χ1v) is 7.00. The zero-order valence-corrected chi connectivity index (χ0v) is 12.1. The van der Waals surface area contributed by atoms with E-state index in [9.17, 15) is 18.0 Å². The van der Waals surface area contributed by atoms with E-state index in [-0.39, 0.29) is 10.6 Å². The molecule has 0 aliphatic heterocycles. The number of rotatable bonds is 3. The molecule has 1 aliphatic carbocycles. The second kappa shape index (κ2) is 6.13. The summed E-state index contributed by atoms with van der Waals surface area (Å²) >= 11 is 2.97. The van der Waals surface area contributed by atoms with Gasteiger partial charge in [0, 0.05) is 4.47 Å². The van der Waals surface area contributed by atoms with E-state index < -0.39 is 23.2 Å². The van der Waals surface area contributed by atoms with Gasteiger partial charge in [-0.2, -0.15) is 13.2 Å². The third kappa shape index (κ3) is 3.73. The van der Waals surface area contributed by atoms with Gasteiger partial charge in [-0.3, -0.25) is 9.63 Å². The number of carbonyl (C=O) groups is 1. The van der Waals surface area contributed by atoms with Crippen molar-refractivity contribution in [3.8, 4) is 0 Å². The van der Waals surface area contributed by atoms with Crippen molar-refractivity contribution in [1.82, 2.24) is 5.48 Å². The molecule has 1 N–H and O–H groups in total. The maximum absolute atomic E-state index is 12.9. The lowest BCUT2D eigenvalue weighted by molar-refractivity contribution is -0.138. The topological polar surface area (TPSA) is 38.3 Å². The minimum absolute atomic E-state index is 0.108. The van der Waals surface area contributed by atoms with Gasteiger partial charge >= 0.3 is 6.18 Å². The Morgan fingerprint density at radius 2 is 1.95 bits per heavy atom. The van der Waals surface area contributed by atoms with Gasteiger partial charge in [0.15, 0.2) is 0 Å². The molecule has 1 aliphatic rings. The summed E-state index contributed by atoms with van der Waals surface area (Å²) in [7, 11) is 0. The molecule has 1 aromatic rings. The first-order chi connectivity index (χ1) is 9.38. The zero-order chi connectivity index (χ0) is 14.8. The van der Waals surface area contributed by atoms with E-state index in [0.717, 1.165) is 37.8 Å². The Balaban J connectivity index is 2.12. The van der Waals surface area contributed by atoms with E-state index in [4.69, 9.17) is 4.84 Å². The van der Waals surface area contributed by atoms with Crippen LogP contribution in [0.4, 0.5) is 13.2 Å². The minimum atomic E-state index is -4.59. The minimum Gasteiger partial charge on any atom is -0.270 e. The summed E-state index contributed by atoms with van der Waals surface area (Å²) in [5.74, 6) is -0.878. The van der Waals surface area contributed by atoms with Crippen molar-refractivity contribution < 1.29 is 22.8 Å². The summed E-state index contributed by atoms with van der Waals surface area (Å²) in [5.41, 5.74) is 0.686. The maximum atomic E-state index is 12.9. The van der Waals surface area contributed by atoms with Crippen molar-refractivity contribution in [2.24, 2.45) is 0 Å². The molecule has 0 unspecified atom stereocenters. The summed E-state index contributed by atoms with van der Waals surface area (Å²) in [6.45, 7) is 0. The van der Waals surface area contributed by atoms with E-state index >= 15 is 0 Å². The molecule has 20 heavy (non-hydrogen) atoms. The van der Waals surface area contributed by atoms with Crippen LogP contribution in [-0.2, 0) is 11.0 Å². The van der Waals surface area contributed by atoms with Crippen molar-refractivity contribution in [3.63, 3.8) is 0 Å². The summed E-state index contributed by atoms with van der Waals surface area (Å²) in [6, 6.07) is 3.39. The molecule has 0 bridgehead atoms. The molecule has 1 saturated carbocycles. The van der Waals surface area contributed by atoms with Crippen molar-refractivity contribution in [3.05, 3.63) is 33.8 Å². The van der Waals surface area contributed by atoms with Crippen molar-refractivity contribution in [2.45, 2.75) is 38.0 Å². The van der Waals surface area contributed by atoms with Gasteiger partial charge in [-0.05, 0) is 31.0 Å². The molecule has 2 rings (SSSR count). The number of alkyl halides is 3. The Bertz CT molecular complexity index is 499. The standard InChI is InChI=1S/C13H13BrF3NO2/c14-8-5-6-10(11(7-8)13(15,16)17)12(19)18-20-9-3-1-2-4-9/h5-7,9H,1-4H2,(H,18,19). The summed E-state index contributed by atoms with van der Waals surface area (Å²) < 4.78 is 38.9. The second-order valence-electron chi connectivity index (χ2n) is 4.64. The predicted molar refractivity (Wildman–Crippen MR) is 70.0 cm³/mol. The molecule has 3 nitrogen and oxygen atoms in total. The highest BCUT2D eigenvalue weighted by molar-refractivity contribution is 9.10. The van der Waals surface area contributed by atoms with Gasteiger partial charge in [0.05, 0.1) is 17.2 Å². The molecule has 1 aromatic carbocycles. The SMILES string of the molecule is O=C(NOC1CCCC1)c1ccc(Br)cc1C(F)(F)F. The average Bonchev–Trinajstić information content (AvgIpc) is 2.88. The van der Waals surface area contributed by atoms with Crippen LogP contribution in [0.25, 0.3) is 0 Å². The molecule has 110 valence electrons. The summed E-state index contributed by atoms with van der Waals surface area (Å²) in [5, 5.41) is 0. The van der Waals surface area contributed by atoms with Crippen LogP contribution >= 0.6 is 15.9 Å². The largest absolute Gasteiger partial charge is 0.417 e. The lowest BCUT2D eigenvalue weighted by Gasteiger charge is -2.15. The van der Waals surface area contributed by atoms with E-state index in [1.807, 2.05) is 0 Å². The van der Waals surface area contributed by atoms with Crippen molar-refractivity contribution >= 4 is 21.8 Å². The number of benzene rings is 1. The number of hydrogen-bond donors (Lipinski definition) is 1. The first kappa shape index (κ1) is 15.3. The molecule has 0 heterocycles. The van der Waals surface area contributed by atoms with E-state index in [1.54, 1.807) is 0 Å². The van der Waals surface area contributed by atoms with Gasteiger partial charge in [0.2, 0.25) is 0 Å². The molecule has 0 aromatic heterocycles. The van der Waals surface area contributed by atoms with Crippen LogP contribution in [0.2, 0.25) is 0 Å². The number of hydroxylamine groups is 1. The Labute approximate surface area is 122 Å². The Morgan fingerprint density at radius 3 is 2.55 bits per heavy atom. The highest BCUT2D eigenvalue weighted by Crippen LogP contribution is 2.34. The average molecular weight is 352 g/mol. The monoisotopic (exact) mass is 351 g/mol.